The van der Waals surface area contributed by atoms with Crippen LogP contribution >= 0.6 is 11.3 Å². The first-order valence-corrected chi connectivity index (χ1v) is 9.41. The van der Waals surface area contributed by atoms with Crippen molar-refractivity contribution in [3.63, 3.8) is 0 Å². The minimum atomic E-state index is 0.540. The molecule has 1 aromatic heterocycles. The molecule has 0 aliphatic heterocycles. The molecule has 22 heavy (non-hydrogen) atoms. The maximum absolute atomic E-state index is 4.98. The number of nitrogens with one attached hydrogen (secondary N) is 1. The van der Waals surface area contributed by atoms with Gasteiger partial charge in [0.15, 0.2) is 5.96 Å². The maximum Gasteiger partial charge on any atom is 0.194 e. The Kier molecular flexibility index (Phi) is 4.71. The predicted octanol–water partition coefficient (Wildman–Crippen LogP) is 3.43. The average Bonchev–Trinajstić information content (AvgIpc) is 3.20. The Morgan fingerprint density at radius 2 is 2.27 bits per heavy atom. The molecule has 0 atom stereocenters. The minimum Gasteiger partial charge on any atom is -0.357 e. The lowest BCUT2D eigenvalue weighted by Crippen LogP contribution is -2.41. The molecule has 0 radical (unpaired) electrons. The maximum atomic E-state index is 4.98. The molecule has 0 unspecified atom stereocenters. The topological polar surface area (TPSA) is 40.5 Å². The van der Waals surface area contributed by atoms with Crippen molar-refractivity contribution >= 4 is 17.3 Å². The molecule has 0 spiro atoms. The third-order valence-corrected chi connectivity index (χ3v) is 5.92. The highest BCUT2D eigenvalue weighted by molar-refractivity contribution is 7.09. The average molecular weight is 321 g/mol. The summed E-state index contributed by atoms with van der Waals surface area (Å²) in [5.74, 6) is 1.99. The summed E-state index contributed by atoms with van der Waals surface area (Å²) < 4.78 is 0. The number of nitrogens with zero attached hydrogens (tertiary/aromatic N) is 3. The molecule has 2 aliphatic carbocycles. The molecular weight excluding hydrogens is 292 g/mol. The Morgan fingerprint density at radius 1 is 1.50 bits per heavy atom. The molecular formula is C17H28N4S. The van der Waals surface area contributed by atoms with Crippen molar-refractivity contribution in [1.29, 1.82) is 0 Å². The number of hydrogen-bond donors (Lipinski definition) is 1. The van der Waals surface area contributed by atoms with E-state index in [9.17, 15) is 0 Å². The summed E-state index contributed by atoms with van der Waals surface area (Å²) >= 11 is 1.72. The van der Waals surface area contributed by atoms with Gasteiger partial charge in [-0.25, -0.2) is 4.98 Å². The Balaban J connectivity index is 1.64. The molecule has 4 nitrogen and oxygen atoms in total. The van der Waals surface area contributed by atoms with Gasteiger partial charge in [-0.15, -0.1) is 11.3 Å². The van der Waals surface area contributed by atoms with Gasteiger partial charge in [0.1, 0.15) is 0 Å². The van der Waals surface area contributed by atoms with Gasteiger partial charge >= 0.3 is 0 Å². The van der Waals surface area contributed by atoms with Crippen LogP contribution < -0.4 is 5.32 Å². The van der Waals surface area contributed by atoms with Crippen molar-refractivity contribution in [1.82, 2.24) is 15.2 Å². The highest BCUT2D eigenvalue weighted by Crippen LogP contribution is 2.57. The Hall–Kier alpha value is -1.10. The van der Waals surface area contributed by atoms with E-state index >= 15 is 0 Å². The van der Waals surface area contributed by atoms with Crippen LogP contribution in [0.5, 0.6) is 0 Å². The number of rotatable bonds is 6. The van der Waals surface area contributed by atoms with Gasteiger partial charge in [-0.3, -0.25) is 4.99 Å². The second-order valence-corrected chi connectivity index (χ2v) is 7.94. The zero-order chi connectivity index (χ0) is 15.6. The van der Waals surface area contributed by atoms with Gasteiger partial charge in [0.05, 0.1) is 17.2 Å². The quantitative estimate of drug-likeness (QED) is 0.645. The molecule has 5 heteroatoms. The van der Waals surface area contributed by atoms with Crippen LogP contribution in [0.1, 0.15) is 49.7 Å². The first-order valence-electron chi connectivity index (χ1n) is 8.53. The molecule has 1 aromatic rings. The molecule has 1 heterocycles. The van der Waals surface area contributed by atoms with E-state index in [4.69, 9.17) is 4.99 Å². The van der Waals surface area contributed by atoms with Gasteiger partial charge < -0.3 is 10.2 Å². The number of aromatic nitrogens is 1. The highest BCUT2D eigenvalue weighted by Gasteiger charge is 2.48. The molecule has 2 aliphatic rings. The monoisotopic (exact) mass is 320 g/mol. The summed E-state index contributed by atoms with van der Waals surface area (Å²) in [4.78, 5) is 11.7. The first kappa shape index (κ1) is 15.8. The fourth-order valence-electron chi connectivity index (χ4n) is 3.52. The minimum absolute atomic E-state index is 0.540. The van der Waals surface area contributed by atoms with Gasteiger partial charge in [0, 0.05) is 25.5 Å². The normalized spacial score (nSPS) is 20.6. The third-order valence-electron chi connectivity index (χ3n) is 5.10. The van der Waals surface area contributed by atoms with Crippen LogP contribution in [0.4, 0.5) is 0 Å². The van der Waals surface area contributed by atoms with E-state index in [2.05, 4.69) is 41.5 Å². The fraction of sp³-hybridized carbons (Fsp3) is 0.765. The summed E-state index contributed by atoms with van der Waals surface area (Å²) in [6.07, 6.45) is 7.03. The molecule has 0 aromatic carbocycles. The zero-order valence-electron chi connectivity index (χ0n) is 14.1. The molecule has 3 rings (SSSR count). The Labute approximate surface area is 138 Å². The number of hydrogen-bond acceptors (Lipinski definition) is 3. The zero-order valence-corrected chi connectivity index (χ0v) is 14.9. The fourth-order valence-corrected chi connectivity index (χ4v) is 4.13. The van der Waals surface area contributed by atoms with Gasteiger partial charge in [-0.2, -0.15) is 0 Å². The molecule has 2 fully saturated rings. The molecule has 2 saturated carbocycles. The van der Waals surface area contributed by atoms with Crippen LogP contribution in [-0.2, 0) is 6.54 Å². The Bertz CT molecular complexity index is 529. The largest absolute Gasteiger partial charge is 0.357 e. The van der Waals surface area contributed by atoms with Crippen molar-refractivity contribution < 1.29 is 0 Å². The van der Waals surface area contributed by atoms with E-state index in [-0.39, 0.29) is 0 Å². The summed E-state index contributed by atoms with van der Waals surface area (Å²) in [5, 5.41) is 6.72. The van der Waals surface area contributed by atoms with Gasteiger partial charge in [-0.05, 0) is 50.9 Å². The van der Waals surface area contributed by atoms with Crippen molar-refractivity contribution in [3.05, 3.63) is 16.1 Å². The summed E-state index contributed by atoms with van der Waals surface area (Å²) in [5.41, 5.74) is 1.68. The lowest BCUT2D eigenvalue weighted by molar-refractivity contribution is 0.112. The standard InChI is InChI=1S/C17H28N4S/c1-4-18-16(21(3)10-15-11-22-13(2)20-15)19-12-17(8-5-9-17)14-6-7-14/h11,14H,4-10,12H2,1-3H3,(H,18,19). The summed E-state index contributed by atoms with van der Waals surface area (Å²) in [7, 11) is 2.11. The van der Waals surface area contributed by atoms with E-state index in [0.717, 1.165) is 42.2 Å². The van der Waals surface area contributed by atoms with Crippen LogP contribution in [0.2, 0.25) is 0 Å². The van der Waals surface area contributed by atoms with Gasteiger partial charge in [-0.1, -0.05) is 6.42 Å². The van der Waals surface area contributed by atoms with Crippen LogP contribution in [0.25, 0.3) is 0 Å². The second kappa shape index (κ2) is 6.57. The van der Waals surface area contributed by atoms with E-state index < -0.39 is 0 Å². The predicted molar refractivity (Wildman–Crippen MR) is 93.3 cm³/mol. The van der Waals surface area contributed by atoms with E-state index in [1.807, 2.05) is 0 Å². The number of thiazole rings is 1. The van der Waals surface area contributed by atoms with Crippen LogP contribution in [0.15, 0.2) is 10.4 Å². The summed E-state index contributed by atoms with van der Waals surface area (Å²) in [6, 6.07) is 0. The van der Waals surface area contributed by atoms with Crippen LogP contribution in [0, 0.1) is 18.3 Å². The lowest BCUT2D eigenvalue weighted by Gasteiger charge is -2.41. The van der Waals surface area contributed by atoms with E-state index in [0.29, 0.717) is 5.41 Å². The molecule has 0 saturated heterocycles. The van der Waals surface area contributed by atoms with Crippen LogP contribution in [0.3, 0.4) is 0 Å². The highest BCUT2D eigenvalue weighted by atomic mass is 32.1. The van der Waals surface area contributed by atoms with Gasteiger partial charge in [0.25, 0.3) is 0 Å². The SMILES string of the molecule is CCNC(=NCC1(C2CC2)CCC1)N(C)Cc1csc(C)n1. The van der Waals surface area contributed by atoms with E-state index in [1.165, 1.54) is 32.1 Å². The van der Waals surface area contributed by atoms with Crippen molar-refractivity contribution in [2.24, 2.45) is 16.3 Å². The van der Waals surface area contributed by atoms with Gasteiger partial charge in [0.2, 0.25) is 0 Å². The number of aryl methyl sites for hydroxylation is 1. The Morgan fingerprint density at radius 3 is 2.77 bits per heavy atom. The van der Waals surface area contributed by atoms with Crippen molar-refractivity contribution in [2.75, 3.05) is 20.1 Å². The number of guanidine groups is 1. The van der Waals surface area contributed by atoms with Crippen LogP contribution in [-0.4, -0.2) is 36.0 Å². The second-order valence-electron chi connectivity index (χ2n) is 6.87. The van der Waals surface area contributed by atoms with Crippen molar-refractivity contribution in [3.8, 4) is 0 Å². The first-order chi connectivity index (χ1) is 10.6. The molecule has 1 N–H and O–H groups in total. The molecule has 0 amide bonds. The van der Waals surface area contributed by atoms with Crippen molar-refractivity contribution in [2.45, 2.75) is 52.5 Å². The molecule has 0 bridgehead atoms. The smallest absolute Gasteiger partial charge is 0.194 e. The van der Waals surface area contributed by atoms with E-state index in [1.54, 1.807) is 11.3 Å². The summed E-state index contributed by atoms with van der Waals surface area (Å²) in [6.45, 7) is 6.93. The third kappa shape index (κ3) is 3.45. The lowest BCUT2D eigenvalue weighted by atomic mass is 9.65. The number of aliphatic imine (C=N–C) groups is 1. The molecule has 122 valence electrons.